The SMILES string of the molecule is CCOC(=O)/C(C)=C/c1cc(C)c(C=O)o1. The van der Waals surface area contributed by atoms with Crippen LogP contribution in [0.15, 0.2) is 16.1 Å². The number of hydrogen-bond donors (Lipinski definition) is 0. The Kier molecular flexibility index (Phi) is 4.05. The maximum atomic E-state index is 11.3. The Morgan fingerprint density at radius 2 is 2.25 bits per heavy atom. The molecule has 0 saturated heterocycles. The monoisotopic (exact) mass is 222 g/mol. The molecule has 1 heterocycles. The highest BCUT2D eigenvalue weighted by atomic mass is 16.5. The lowest BCUT2D eigenvalue weighted by Crippen LogP contribution is -2.04. The van der Waals surface area contributed by atoms with Crippen LogP contribution < -0.4 is 0 Å². The van der Waals surface area contributed by atoms with E-state index in [1.807, 2.05) is 0 Å². The van der Waals surface area contributed by atoms with Crippen molar-refractivity contribution in [2.45, 2.75) is 20.8 Å². The summed E-state index contributed by atoms with van der Waals surface area (Å²) in [4.78, 5) is 21.9. The van der Waals surface area contributed by atoms with Crippen molar-refractivity contribution >= 4 is 18.3 Å². The highest BCUT2D eigenvalue weighted by molar-refractivity contribution is 5.92. The summed E-state index contributed by atoms with van der Waals surface area (Å²) in [6.07, 6.45) is 2.20. The van der Waals surface area contributed by atoms with Crippen LogP contribution in [0.4, 0.5) is 0 Å². The first-order valence-electron chi connectivity index (χ1n) is 4.99. The van der Waals surface area contributed by atoms with Gasteiger partial charge in [0, 0.05) is 5.57 Å². The topological polar surface area (TPSA) is 56.5 Å². The normalized spacial score (nSPS) is 11.3. The van der Waals surface area contributed by atoms with E-state index < -0.39 is 0 Å². The molecule has 0 aromatic carbocycles. The molecule has 0 aliphatic heterocycles. The molecule has 4 heteroatoms. The molecule has 0 atom stereocenters. The molecule has 1 aromatic rings. The van der Waals surface area contributed by atoms with Crippen molar-refractivity contribution in [1.82, 2.24) is 0 Å². The van der Waals surface area contributed by atoms with Crippen molar-refractivity contribution in [3.05, 3.63) is 28.7 Å². The van der Waals surface area contributed by atoms with E-state index in [9.17, 15) is 9.59 Å². The first-order valence-corrected chi connectivity index (χ1v) is 4.99. The third-order valence-corrected chi connectivity index (χ3v) is 2.04. The molecule has 0 unspecified atom stereocenters. The first-order chi connectivity index (χ1) is 7.58. The first kappa shape index (κ1) is 12.2. The largest absolute Gasteiger partial charge is 0.463 e. The van der Waals surface area contributed by atoms with Crippen LogP contribution in [-0.4, -0.2) is 18.9 Å². The minimum atomic E-state index is -0.385. The molecule has 0 N–H and O–H groups in total. The van der Waals surface area contributed by atoms with E-state index in [1.165, 1.54) is 0 Å². The van der Waals surface area contributed by atoms with Crippen LogP contribution in [0.1, 0.15) is 35.7 Å². The molecule has 0 saturated carbocycles. The fourth-order valence-electron chi connectivity index (χ4n) is 1.23. The molecule has 86 valence electrons. The lowest BCUT2D eigenvalue weighted by atomic mass is 10.2. The molecule has 0 radical (unpaired) electrons. The number of furan rings is 1. The van der Waals surface area contributed by atoms with Gasteiger partial charge in [-0.05, 0) is 38.5 Å². The van der Waals surface area contributed by atoms with Crippen molar-refractivity contribution in [3.63, 3.8) is 0 Å². The van der Waals surface area contributed by atoms with Crippen molar-refractivity contribution in [2.75, 3.05) is 6.61 Å². The van der Waals surface area contributed by atoms with E-state index in [0.29, 0.717) is 24.2 Å². The number of aldehydes is 1. The van der Waals surface area contributed by atoms with Crippen molar-refractivity contribution in [1.29, 1.82) is 0 Å². The van der Waals surface area contributed by atoms with Crippen molar-refractivity contribution < 1.29 is 18.7 Å². The molecular weight excluding hydrogens is 208 g/mol. The van der Waals surface area contributed by atoms with Gasteiger partial charge in [0.15, 0.2) is 12.0 Å². The summed E-state index contributed by atoms with van der Waals surface area (Å²) in [7, 11) is 0. The van der Waals surface area contributed by atoms with Crippen LogP contribution in [0.5, 0.6) is 0 Å². The third kappa shape index (κ3) is 2.82. The Labute approximate surface area is 93.9 Å². The number of carbonyl (C=O) groups excluding carboxylic acids is 2. The zero-order valence-corrected chi connectivity index (χ0v) is 9.57. The maximum absolute atomic E-state index is 11.3. The number of hydrogen-bond acceptors (Lipinski definition) is 4. The summed E-state index contributed by atoms with van der Waals surface area (Å²) in [5.74, 6) is 0.372. The lowest BCUT2D eigenvalue weighted by Gasteiger charge is -1.99. The smallest absolute Gasteiger partial charge is 0.333 e. The molecule has 0 spiro atoms. The number of carbonyl (C=O) groups is 2. The van der Waals surface area contributed by atoms with E-state index in [4.69, 9.17) is 9.15 Å². The zero-order chi connectivity index (χ0) is 12.1. The second-order valence-corrected chi connectivity index (χ2v) is 3.36. The molecule has 0 amide bonds. The summed E-state index contributed by atoms with van der Waals surface area (Å²) < 4.78 is 10.0. The predicted molar refractivity (Wildman–Crippen MR) is 59.1 cm³/mol. The van der Waals surface area contributed by atoms with E-state index in [1.54, 1.807) is 32.9 Å². The Bertz CT molecular complexity index is 426. The molecule has 1 aromatic heterocycles. The predicted octanol–water partition coefficient (Wildman–Crippen LogP) is 2.37. The van der Waals surface area contributed by atoms with Crippen LogP contribution in [-0.2, 0) is 9.53 Å². The fourth-order valence-corrected chi connectivity index (χ4v) is 1.23. The van der Waals surface area contributed by atoms with Gasteiger partial charge in [-0.3, -0.25) is 4.79 Å². The molecule has 16 heavy (non-hydrogen) atoms. The summed E-state index contributed by atoms with van der Waals surface area (Å²) >= 11 is 0. The number of ether oxygens (including phenoxy) is 1. The van der Waals surface area contributed by atoms with E-state index in [2.05, 4.69) is 0 Å². The quantitative estimate of drug-likeness (QED) is 0.446. The van der Waals surface area contributed by atoms with Crippen molar-refractivity contribution in [3.8, 4) is 0 Å². The highest BCUT2D eigenvalue weighted by Gasteiger charge is 2.08. The fraction of sp³-hybridized carbons (Fsp3) is 0.333. The van der Waals surface area contributed by atoms with Gasteiger partial charge in [0.25, 0.3) is 0 Å². The van der Waals surface area contributed by atoms with Gasteiger partial charge in [-0.1, -0.05) is 0 Å². The van der Waals surface area contributed by atoms with Crippen LogP contribution in [0, 0.1) is 6.92 Å². The Morgan fingerprint density at radius 1 is 1.56 bits per heavy atom. The summed E-state index contributed by atoms with van der Waals surface area (Å²) in [5, 5.41) is 0. The zero-order valence-electron chi connectivity index (χ0n) is 9.57. The van der Waals surface area contributed by atoms with Gasteiger partial charge in [0.2, 0.25) is 0 Å². The lowest BCUT2D eigenvalue weighted by molar-refractivity contribution is -0.138. The van der Waals surface area contributed by atoms with Gasteiger partial charge in [-0.15, -0.1) is 0 Å². The second-order valence-electron chi connectivity index (χ2n) is 3.36. The minimum Gasteiger partial charge on any atom is -0.463 e. The highest BCUT2D eigenvalue weighted by Crippen LogP contribution is 2.16. The molecule has 0 aliphatic carbocycles. The van der Waals surface area contributed by atoms with Gasteiger partial charge in [0.05, 0.1) is 6.61 Å². The second kappa shape index (κ2) is 5.30. The summed E-state index contributed by atoms with van der Waals surface area (Å²) in [6, 6.07) is 1.70. The molecular formula is C12H14O4. The molecule has 0 aliphatic rings. The van der Waals surface area contributed by atoms with Gasteiger partial charge < -0.3 is 9.15 Å². The van der Waals surface area contributed by atoms with Crippen LogP contribution in [0.25, 0.3) is 6.08 Å². The third-order valence-electron chi connectivity index (χ3n) is 2.04. The molecule has 1 rings (SSSR count). The average Bonchev–Trinajstić information content (AvgIpc) is 2.59. The van der Waals surface area contributed by atoms with Gasteiger partial charge in [-0.2, -0.15) is 0 Å². The number of aryl methyl sites for hydroxylation is 1. The summed E-state index contributed by atoms with van der Waals surface area (Å²) in [5.41, 5.74) is 1.19. The van der Waals surface area contributed by atoms with E-state index in [-0.39, 0.29) is 11.7 Å². The van der Waals surface area contributed by atoms with Crippen LogP contribution >= 0.6 is 0 Å². The number of rotatable bonds is 4. The van der Waals surface area contributed by atoms with E-state index >= 15 is 0 Å². The molecule has 0 fully saturated rings. The van der Waals surface area contributed by atoms with Crippen LogP contribution in [0.2, 0.25) is 0 Å². The van der Waals surface area contributed by atoms with Gasteiger partial charge >= 0.3 is 5.97 Å². The minimum absolute atomic E-state index is 0.280. The molecule has 4 nitrogen and oxygen atoms in total. The van der Waals surface area contributed by atoms with E-state index in [0.717, 1.165) is 5.56 Å². The Hall–Kier alpha value is -1.84. The maximum Gasteiger partial charge on any atom is 0.333 e. The molecule has 0 bridgehead atoms. The van der Waals surface area contributed by atoms with Crippen molar-refractivity contribution in [2.24, 2.45) is 0 Å². The average molecular weight is 222 g/mol. The Morgan fingerprint density at radius 3 is 2.75 bits per heavy atom. The Balaban J connectivity index is 2.89. The standard InChI is InChI=1S/C12H14O4/c1-4-15-12(14)9(3)6-10-5-8(2)11(7-13)16-10/h5-7H,4H2,1-3H3/b9-6+. The van der Waals surface area contributed by atoms with Gasteiger partial charge in [-0.25, -0.2) is 4.79 Å². The van der Waals surface area contributed by atoms with Gasteiger partial charge in [0.1, 0.15) is 5.76 Å². The van der Waals surface area contributed by atoms with Crippen LogP contribution in [0.3, 0.4) is 0 Å². The summed E-state index contributed by atoms with van der Waals surface area (Å²) in [6.45, 7) is 5.48. The number of esters is 1.